The van der Waals surface area contributed by atoms with Crippen molar-refractivity contribution in [3.8, 4) is 23.0 Å². The number of carbonyl (C=O) groups is 2. The van der Waals surface area contributed by atoms with Gasteiger partial charge in [-0.25, -0.2) is 0 Å². The molecule has 204 valence electrons. The number of carbonyl (C=O) groups excluding carboxylic acids is 2. The van der Waals surface area contributed by atoms with E-state index in [1.807, 2.05) is 18.2 Å². The summed E-state index contributed by atoms with van der Waals surface area (Å²) in [6.07, 6.45) is 6.73. The normalized spacial score (nSPS) is 10.5. The highest BCUT2D eigenvalue weighted by atomic mass is 35.5. The van der Waals surface area contributed by atoms with Crippen LogP contribution in [-0.2, 0) is 22.7 Å². The highest BCUT2D eigenvalue weighted by Gasteiger charge is 2.11. The third kappa shape index (κ3) is 10.4. The Morgan fingerprint density at radius 3 is 1.70 bits per heavy atom. The van der Waals surface area contributed by atoms with Crippen LogP contribution in [0.25, 0.3) is 0 Å². The van der Waals surface area contributed by atoms with Crippen LogP contribution in [0.5, 0.6) is 23.0 Å². The molecule has 2 amide bonds. The number of halogens is 1. The molecule has 37 heavy (non-hydrogen) atoms. The summed E-state index contributed by atoms with van der Waals surface area (Å²) in [6, 6.07) is 9.07. The Kier molecular flexibility index (Phi) is 13.5. The van der Waals surface area contributed by atoms with E-state index in [1.165, 1.54) is 0 Å². The first-order valence-corrected chi connectivity index (χ1v) is 12.9. The van der Waals surface area contributed by atoms with Gasteiger partial charge in [0.1, 0.15) is 0 Å². The lowest BCUT2D eigenvalue weighted by Gasteiger charge is -2.12. The standard InChI is InChI=1S/C28H39ClN2O6/c1-34-23-14-13-20(15-24(23)35-2)18-30-27(32)11-9-7-5-6-8-10-12-28(33)31-19-21-16-25(36-3)26(37-4)17-22(21)29/h13-17H,5-12,18-19H2,1-4H3,(H,30,32)(H,31,33). The maximum atomic E-state index is 12.2. The van der Waals surface area contributed by atoms with Crippen LogP contribution < -0.4 is 29.6 Å². The SMILES string of the molecule is COc1ccc(CNC(=O)CCCCCCCCC(=O)NCc2cc(OC)c(OC)cc2Cl)cc1OC. The summed E-state index contributed by atoms with van der Waals surface area (Å²) in [4.78, 5) is 24.3. The predicted molar refractivity (Wildman–Crippen MR) is 145 cm³/mol. The number of rotatable bonds is 17. The molecular weight excluding hydrogens is 496 g/mol. The monoisotopic (exact) mass is 534 g/mol. The van der Waals surface area contributed by atoms with Gasteiger partial charge in [0.05, 0.1) is 28.4 Å². The third-order valence-corrected chi connectivity index (χ3v) is 6.38. The van der Waals surface area contributed by atoms with E-state index < -0.39 is 0 Å². The predicted octanol–water partition coefficient (Wildman–Crippen LogP) is 5.43. The van der Waals surface area contributed by atoms with E-state index in [0.717, 1.165) is 49.7 Å². The molecule has 2 N–H and O–H groups in total. The summed E-state index contributed by atoms with van der Waals surface area (Å²) in [7, 11) is 6.30. The summed E-state index contributed by atoms with van der Waals surface area (Å²) < 4.78 is 21.0. The lowest BCUT2D eigenvalue weighted by atomic mass is 10.1. The second-order valence-electron chi connectivity index (χ2n) is 8.66. The molecule has 0 aromatic heterocycles. The zero-order valence-corrected chi connectivity index (χ0v) is 23.0. The van der Waals surface area contributed by atoms with Crippen molar-refractivity contribution in [2.45, 2.75) is 64.5 Å². The van der Waals surface area contributed by atoms with Gasteiger partial charge in [-0.2, -0.15) is 0 Å². The van der Waals surface area contributed by atoms with Gasteiger partial charge in [-0.1, -0.05) is 43.4 Å². The molecular formula is C28H39ClN2O6. The Labute approximate surface area is 225 Å². The molecule has 0 aliphatic carbocycles. The van der Waals surface area contributed by atoms with Crippen molar-refractivity contribution < 1.29 is 28.5 Å². The van der Waals surface area contributed by atoms with Gasteiger partial charge in [-0.15, -0.1) is 0 Å². The fourth-order valence-corrected chi connectivity index (χ4v) is 4.09. The highest BCUT2D eigenvalue weighted by Crippen LogP contribution is 2.33. The van der Waals surface area contributed by atoms with Gasteiger partial charge in [-0.3, -0.25) is 9.59 Å². The number of benzene rings is 2. The molecule has 2 aromatic rings. The van der Waals surface area contributed by atoms with Crippen LogP contribution in [0.4, 0.5) is 0 Å². The Morgan fingerprint density at radius 1 is 0.649 bits per heavy atom. The van der Waals surface area contributed by atoms with Crippen LogP contribution in [0.15, 0.2) is 30.3 Å². The molecule has 0 bridgehead atoms. The summed E-state index contributed by atoms with van der Waals surface area (Å²) in [5.74, 6) is 2.48. The fraction of sp³-hybridized carbons (Fsp3) is 0.500. The van der Waals surface area contributed by atoms with Crippen LogP contribution in [-0.4, -0.2) is 40.3 Å². The number of hydrogen-bond donors (Lipinski definition) is 2. The summed E-state index contributed by atoms with van der Waals surface area (Å²) in [5, 5.41) is 6.38. The number of methoxy groups -OCH3 is 4. The molecule has 2 aromatic carbocycles. The Bertz CT molecular complexity index is 1010. The van der Waals surface area contributed by atoms with Crippen LogP contribution in [0.1, 0.15) is 62.5 Å². The number of hydrogen-bond acceptors (Lipinski definition) is 6. The Hall–Kier alpha value is -3.13. The molecule has 8 nitrogen and oxygen atoms in total. The zero-order valence-electron chi connectivity index (χ0n) is 22.3. The van der Waals surface area contributed by atoms with Gasteiger partial charge in [0.25, 0.3) is 0 Å². The minimum atomic E-state index is -0.00278. The second kappa shape index (κ2) is 16.6. The third-order valence-electron chi connectivity index (χ3n) is 6.02. The van der Waals surface area contributed by atoms with Gasteiger partial charge >= 0.3 is 0 Å². The maximum Gasteiger partial charge on any atom is 0.220 e. The van der Waals surface area contributed by atoms with Gasteiger partial charge in [0, 0.05) is 37.0 Å². The first kappa shape index (κ1) is 30.1. The molecule has 0 saturated heterocycles. The van der Waals surface area contributed by atoms with Crippen molar-refractivity contribution in [1.29, 1.82) is 0 Å². The topological polar surface area (TPSA) is 95.1 Å². The average molecular weight is 535 g/mol. The van der Waals surface area contributed by atoms with E-state index in [-0.39, 0.29) is 11.8 Å². The van der Waals surface area contributed by atoms with Crippen molar-refractivity contribution >= 4 is 23.4 Å². The molecule has 0 unspecified atom stereocenters. The van der Waals surface area contributed by atoms with E-state index in [4.69, 9.17) is 30.5 Å². The zero-order chi connectivity index (χ0) is 27.0. The smallest absolute Gasteiger partial charge is 0.220 e. The molecule has 2 rings (SSSR count). The quantitative estimate of drug-likeness (QED) is 0.263. The van der Waals surface area contributed by atoms with E-state index in [1.54, 1.807) is 40.6 Å². The molecule has 0 atom stereocenters. The molecule has 0 fully saturated rings. The first-order valence-electron chi connectivity index (χ1n) is 12.6. The van der Waals surface area contributed by atoms with Crippen molar-refractivity contribution in [1.82, 2.24) is 10.6 Å². The van der Waals surface area contributed by atoms with Crippen LogP contribution in [0.2, 0.25) is 5.02 Å². The highest BCUT2D eigenvalue weighted by molar-refractivity contribution is 6.31. The van der Waals surface area contributed by atoms with Crippen molar-refractivity contribution in [2.75, 3.05) is 28.4 Å². The summed E-state index contributed by atoms with van der Waals surface area (Å²) in [6.45, 7) is 0.797. The minimum Gasteiger partial charge on any atom is -0.493 e. The minimum absolute atomic E-state index is 0.00278. The fourth-order valence-electron chi connectivity index (χ4n) is 3.87. The molecule has 0 aliphatic heterocycles. The van der Waals surface area contributed by atoms with Gasteiger partial charge in [0.2, 0.25) is 11.8 Å². The average Bonchev–Trinajstić information content (AvgIpc) is 2.92. The van der Waals surface area contributed by atoms with Gasteiger partial charge in [0.15, 0.2) is 23.0 Å². The van der Waals surface area contributed by atoms with E-state index in [2.05, 4.69) is 10.6 Å². The Balaban J connectivity index is 1.53. The number of unbranched alkanes of at least 4 members (excludes halogenated alkanes) is 5. The van der Waals surface area contributed by atoms with Crippen LogP contribution in [0.3, 0.4) is 0 Å². The second-order valence-corrected chi connectivity index (χ2v) is 9.07. The van der Waals surface area contributed by atoms with E-state index in [0.29, 0.717) is 54.0 Å². The molecule has 9 heteroatoms. The van der Waals surface area contributed by atoms with Crippen molar-refractivity contribution in [3.63, 3.8) is 0 Å². The lowest BCUT2D eigenvalue weighted by molar-refractivity contribution is -0.122. The maximum absolute atomic E-state index is 12.2. The summed E-state index contributed by atoms with van der Waals surface area (Å²) >= 11 is 6.27. The first-order chi connectivity index (χ1) is 17.9. The molecule has 0 radical (unpaired) electrons. The van der Waals surface area contributed by atoms with Gasteiger partial charge in [-0.05, 0) is 42.2 Å². The number of amides is 2. The van der Waals surface area contributed by atoms with E-state index in [9.17, 15) is 9.59 Å². The lowest BCUT2D eigenvalue weighted by Crippen LogP contribution is -2.22. The largest absolute Gasteiger partial charge is 0.493 e. The molecule has 0 heterocycles. The number of nitrogens with one attached hydrogen (secondary N) is 2. The molecule has 0 aliphatic rings. The van der Waals surface area contributed by atoms with E-state index >= 15 is 0 Å². The number of ether oxygens (including phenoxy) is 4. The van der Waals surface area contributed by atoms with Gasteiger partial charge < -0.3 is 29.6 Å². The van der Waals surface area contributed by atoms with Crippen LogP contribution >= 0.6 is 11.6 Å². The summed E-state index contributed by atoms with van der Waals surface area (Å²) in [5.41, 5.74) is 1.74. The van der Waals surface area contributed by atoms with Crippen molar-refractivity contribution in [2.24, 2.45) is 0 Å². The van der Waals surface area contributed by atoms with Crippen molar-refractivity contribution in [3.05, 3.63) is 46.5 Å². The Morgan fingerprint density at radius 2 is 1.14 bits per heavy atom. The molecule has 0 spiro atoms. The van der Waals surface area contributed by atoms with Crippen LogP contribution in [0, 0.1) is 0 Å². The molecule has 0 saturated carbocycles.